The van der Waals surface area contributed by atoms with E-state index in [0.717, 1.165) is 10.7 Å². The Labute approximate surface area is 138 Å². The number of furan rings is 1. The Balaban J connectivity index is 1.73. The molecule has 2 heterocycles. The highest BCUT2D eigenvalue weighted by molar-refractivity contribution is 8.01. The van der Waals surface area contributed by atoms with Crippen LogP contribution >= 0.6 is 11.8 Å². The molecule has 2 N–H and O–H groups in total. The molecule has 0 bridgehead atoms. The molecule has 0 aliphatic carbocycles. The second kappa shape index (κ2) is 5.77. The van der Waals surface area contributed by atoms with Gasteiger partial charge in [-0.1, -0.05) is 0 Å². The van der Waals surface area contributed by atoms with Crippen LogP contribution in [-0.4, -0.2) is 16.6 Å². The van der Waals surface area contributed by atoms with Crippen molar-refractivity contribution in [1.29, 1.82) is 0 Å². The summed E-state index contributed by atoms with van der Waals surface area (Å²) in [5.74, 6) is 1.26. The molecule has 0 atom stereocenters. The second-order valence-electron chi connectivity index (χ2n) is 5.97. The van der Waals surface area contributed by atoms with Crippen LogP contribution in [0.5, 0.6) is 0 Å². The number of hydrogen-bond acceptors (Lipinski definition) is 4. The predicted molar refractivity (Wildman–Crippen MR) is 89.6 cm³/mol. The minimum Gasteiger partial charge on any atom is -0.465 e. The highest BCUT2D eigenvalue weighted by Gasteiger charge is 2.34. The number of benzene rings is 1. The molecule has 0 unspecified atom stereocenters. The molecule has 1 aromatic heterocycles. The van der Waals surface area contributed by atoms with Crippen molar-refractivity contribution in [3.8, 4) is 0 Å². The van der Waals surface area contributed by atoms with Gasteiger partial charge in [-0.2, -0.15) is 0 Å². The Morgan fingerprint density at radius 1 is 1.30 bits per heavy atom. The van der Waals surface area contributed by atoms with Gasteiger partial charge in [0.1, 0.15) is 11.5 Å². The van der Waals surface area contributed by atoms with Crippen LogP contribution in [-0.2, 0) is 11.3 Å². The summed E-state index contributed by atoms with van der Waals surface area (Å²) in [7, 11) is 0. The first-order chi connectivity index (χ1) is 10.8. The monoisotopic (exact) mass is 330 g/mol. The number of hydrogen-bond donors (Lipinski definition) is 2. The summed E-state index contributed by atoms with van der Waals surface area (Å²) in [4.78, 5) is 25.2. The van der Waals surface area contributed by atoms with E-state index >= 15 is 0 Å². The number of carbonyl (C=O) groups is 2. The van der Waals surface area contributed by atoms with Crippen molar-refractivity contribution in [3.05, 3.63) is 47.4 Å². The number of anilines is 1. The lowest BCUT2D eigenvalue weighted by Gasteiger charge is -2.29. The van der Waals surface area contributed by atoms with Crippen LogP contribution in [0.3, 0.4) is 0 Å². The molecule has 2 amide bonds. The first kappa shape index (κ1) is 15.7. The molecule has 1 aromatic carbocycles. The summed E-state index contributed by atoms with van der Waals surface area (Å²) in [6.07, 6.45) is 0. The number of aryl methyl sites for hydroxylation is 1. The fraction of sp³-hybridized carbons (Fsp3) is 0.294. The first-order valence-corrected chi connectivity index (χ1v) is 8.15. The van der Waals surface area contributed by atoms with Crippen LogP contribution in [0.1, 0.15) is 35.7 Å². The lowest BCUT2D eigenvalue weighted by atomic mass is 10.1. The molecule has 5 nitrogen and oxygen atoms in total. The summed E-state index contributed by atoms with van der Waals surface area (Å²) in [5.41, 5.74) is 1.19. The summed E-state index contributed by atoms with van der Waals surface area (Å²) in [5, 5.41) is 5.67. The number of carbonyl (C=O) groups excluding carboxylic acids is 2. The van der Waals surface area contributed by atoms with Crippen molar-refractivity contribution in [2.45, 2.75) is 37.0 Å². The average Bonchev–Trinajstić information content (AvgIpc) is 2.91. The van der Waals surface area contributed by atoms with Crippen molar-refractivity contribution in [2.75, 3.05) is 5.32 Å². The standard InChI is InChI=1S/C17H18N2O3S/c1-10-4-6-12(22-10)9-18-15(20)11-5-7-14-13(8-11)19-16(21)17(2,3)23-14/h4-8H,9H2,1-3H3,(H,18,20)(H,19,21). The summed E-state index contributed by atoms with van der Waals surface area (Å²) in [6, 6.07) is 9.03. The molecule has 0 saturated carbocycles. The molecule has 3 rings (SSSR count). The third-order valence-electron chi connectivity index (χ3n) is 3.62. The van der Waals surface area contributed by atoms with Crippen molar-refractivity contribution in [3.63, 3.8) is 0 Å². The van der Waals surface area contributed by atoms with Crippen molar-refractivity contribution in [1.82, 2.24) is 5.32 Å². The van der Waals surface area contributed by atoms with Crippen LogP contribution in [0.2, 0.25) is 0 Å². The molecule has 0 saturated heterocycles. The van der Waals surface area contributed by atoms with Gasteiger partial charge in [0.15, 0.2) is 0 Å². The van der Waals surface area contributed by atoms with Crippen LogP contribution in [0.25, 0.3) is 0 Å². The third-order valence-corrected chi connectivity index (χ3v) is 4.89. The highest BCUT2D eigenvalue weighted by atomic mass is 32.2. The van der Waals surface area contributed by atoms with Crippen molar-refractivity contribution in [2.24, 2.45) is 0 Å². The van der Waals surface area contributed by atoms with E-state index in [9.17, 15) is 9.59 Å². The Kier molecular flexibility index (Phi) is 3.93. The number of amides is 2. The smallest absolute Gasteiger partial charge is 0.251 e. The van der Waals surface area contributed by atoms with Gasteiger partial charge < -0.3 is 15.1 Å². The molecule has 0 fully saturated rings. The Hall–Kier alpha value is -2.21. The van der Waals surface area contributed by atoms with Crippen LogP contribution in [0.4, 0.5) is 5.69 Å². The lowest BCUT2D eigenvalue weighted by molar-refractivity contribution is -0.117. The average molecular weight is 330 g/mol. The van der Waals surface area contributed by atoms with E-state index < -0.39 is 4.75 Å². The highest BCUT2D eigenvalue weighted by Crippen LogP contribution is 2.42. The zero-order valence-electron chi connectivity index (χ0n) is 13.2. The third kappa shape index (κ3) is 3.27. The summed E-state index contributed by atoms with van der Waals surface area (Å²) < 4.78 is 4.92. The van der Waals surface area contributed by atoms with E-state index in [1.807, 2.05) is 39.0 Å². The minimum absolute atomic E-state index is 0.0568. The lowest BCUT2D eigenvalue weighted by Crippen LogP contribution is -2.37. The molecule has 2 aromatic rings. The Morgan fingerprint density at radius 2 is 2.09 bits per heavy atom. The normalized spacial score (nSPS) is 15.7. The van der Waals surface area contributed by atoms with Crippen LogP contribution < -0.4 is 10.6 Å². The zero-order chi connectivity index (χ0) is 16.6. The van der Waals surface area contributed by atoms with E-state index in [1.165, 1.54) is 11.8 Å². The maximum atomic E-state index is 12.2. The molecular formula is C17H18N2O3S. The number of nitrogens with one attached hydrogen (secondary N) is 2. The van der Waals surface area contributed by atoms with Crippen molar-refractivity contribution >= 4 is 29.3 Å². The van der Waals surface area contributed by atoms with Gasteiger partial charge in [0, 0.05) is 10.5 Å². The summed E-state index contributed by atoms with van der Waals surface area (Å²) in [6.45, 7) is 5.94. The number of fused-ring (bicyclic) bond motifs is 1. The van der Waals surface area contributed by atoms with E-state index in [4.69, 9.17) is 4.42 Å². The zero-order valence-corrected chi connectivity index (χ0v) is 14.0. The van der Waals surface area contributed by atoms with Gasteiger partial charge in [0.25, 0.3) is 5.91 Å². The maximum Gasteiger partial charge on any atom is 0.251 e. The van der Waals surface area contributed by atoms with Gasteiger partial charge in [0.2, 0.25) is 5.91 Å². The molecule has 0 radical (unpaired) electrons. The molecule has 0 spiro atoms. The van der Waals surface area contributed by atoms with Gasteiger partial charge in [-0.05, 0) is 51.1 Å². The molecule has 1 aliphatic heterocycles. The van der Waals surface area contributed by atoms with E-state index in [0.29, 0.717) is 23.6 Å². The fourth-order valence-electron chi connectivity index (χ4n) is 2.30. The SMILES string of the molecule is Cc1ccc(CNC(=O)c2ccc3c(c2)NC(=O)C(C)(C)S3)o1. The predicted octanol–water partition coefficient (Wildman–Crippen LogP) is 3.34. The van der Waals surface area contributed by atoms with E-state index in [2.05, 4.69) is 10.6 Å². The molecule has 23 heavy (non-hydrogen) atoms. The van der Waals surface area contributed by atoms with Crippen LogP contribution in [0, 0.1) is 6.92 Å². The molecule has 120 valence electrons. The van der Waals surface area contributed by atoms with Crippen LogP contribution in [0.15, 0.2) is 39.6 Å². The largest absolute Gasteiger partial charge is 0.465 e. The Bertz CT molecular complexity index is 780. The molecule has 1 aliphatic rings. The quantitative estimate of drug-likeness (QED) is 0.905. The van der Waals surface area contributed by atoms with E-state index in [1.54, 1.807) is 12.1 Å². The van der Waals surface area contributed by atoms with Gasteiger partial charge in [-0.25, -0.2) is 0 Å². The minimum atomic E-state index is -0.506. The fourth-order valence-corrected chi connectivity index (χ4v) is 3.35. The number of rotatable bonds is 3. The van der Waals surface area contributed by atoms with Gasteiger partial charge in [-0.15, -0.1) is 11.8 Å². The molecule has 6 heteroatoms. The van der Waals surface area contributed by atoms with Crippen molar-refractivity contribution < 1.29 is 14.0 Å². The number of thioether (sulfide) groups is 1. The maximum absolute atomic E-state index is 12.2. The summed E-state index contributed by atoms with van der Waals surface area (Å²) >= 11 is 1.50. The van der Waals surface area contributed by atoms with Gasteiger partial charge in [-0.3, -0.25) is 9.59 Å². The second-order valence-corrected chi connectivity index (χ2v) is 7.64. The van der Waals surface area contributed by atoms with Gasteiger partial charge >= 0.3 is 0 Å². The van der Waals surface area contributed by atoms with Gasteiger partial charge in [0.05, 0.1) is 17.0 Å². The topological polar surface area (TPSA) is 71.3 Å². The molecular weight excluding hydrogens is 312 g/mol. The Morgan fingerprint density at radius 3 is 2.78 bits per heavy atom. The first-order valence-electron chi connectivity index (χ1n) is 7.33. The van der Waals surface area contributed by atoms with E-state index in [-0.39, 0.29) is 11.8 Å².